The van der Waals surface area contributed by atoms with Crippen LogP contribution in [-0.4, -0.2) is 30.1 Å². The van der Waals surface area contributed by atoms with Gasteiger partial charge in [-0.25, -0.2) is 0 Å². The Morgan fingerprint density at radius 3 is 2.58 bits per heavy atom. The highest BCUT2D eigenvalue weighted by atomic mass is 35.5. The second-order valence-electron chi connectivity index (χ2n) is 5.95. The van der Waals surface area contributed by atoms with Gasteiger partial charge < -0.3 is 16.0 Å². The summed E-state index contributed by atoms with van der Waals surface area (Å²) >= 11 is 5.94. The van der Waals surface area contributed by atoms with E-state index >= 15 is 0 Å². The highest BCUT2D eigenvalue weighted by Crippen LogP contribution is 2.34. The van der Waals surface area contributed by atoms with Gasteiger partial charge in [0.2, 0.25) is 0 Å². The largest absolute Gasteiger partial charge is 0.397 e. The lowest BCUT2D eigenvalue weighted by Crippen LogP contribution is -2.52. The maximum Gasteiger partial charge on any atom is 0.0577 e. The minimum atomic E-state index is 0.537. The van der Waals surface area contributed by atoms with E-state index in [1.54, 1.807) is 0 Å². The number of halogens is 1. The highest BCUT2D eigenvalue weighted by Gasteiger charge is 2.35. The molecule has 2 heterocycles. The van der Waals surface area contributed by atoms with Crippen molar-refractivity contribution in [3.63, 3.8) is 0 Å². The summed E-state index contributed by atoms with van der Waals surface area (Å²) in [5, 5.41) is 4.31. The van der Waals surface area contributed by atoms with Crippen LogP contribution in [0.25, 0.3) is 0 Å². The second kappa shape index (κ2) is 5.22. The van der Waals surface area contributed by atoms with E-state index in [-0.39, 0.29) is 0 Å². The van der Waals surface area contributed by atoms with Gasteiger partial charge >= 0.3 is 0 Å². The van der Waals surface area contributed by atoms with Gasteiger partial charge in [-0.1, -0.05) is 18.0 Å². The summed E-state index contributed by atoms with van der Waals surface area (Å²) < 4.78 is 0. The Hall–Kier alpha value is -0.930. The molecule has 2 atom stereocenters. The summed E-state index contributed by atoms with van der Waals surface area (Å²) in [6.45, 7) is 0. The van der Waals surface area contributed by atoms with Crippen molar-refractivity contribution in [2.75, 3.05) is 18.1 Å². The summed E-state index contributed by atoms with van der Waals surface area (Å²) in [5.41, 5.74) is 7.80. The zero-order valence-electron chi connectivity index (χ0n) is 11.4. The van der Waals surface area contributed by atoms with Crippen LogP contribution >= 0.6 is 11.6 Å². The number of nitrogen functional groups attached to an aromatic ring is 1. The summed E-state index contributed by atoms with van der Waals surface area (Å²) in [7, 11) is 2.28. The van der Waals surface area contributed by atoms with Crippen molar-refractivity contribution in [3.8, 4) is 0 Å². The van der Waals surface area contributed by atoms with Crippen molar-refractivity contribution in [1.82, 2.24) is 4.90 Å². The van der Waals surface area contributed by atoms with Gasteiger partial charge in [-0.2, -0.15) is 0 Å². The Morgan fingerprint density at radius 1 is 1.26 bits per heavy atom. The van der Waals surface area contributed by atoms with E-state index in [1.807, 2.05) is 18.2 Å². The highest BCUT2D eigenvalue weighted by molar-refractivity contribution is 6.31. The molecule has 3 rings (SSSR count). The smallest absolute Gasteiger partial charge is 0.0577 e. The molecule has 2 aliphatic rings. The molecule has 0 radical (unpaired) electrons. The van der Waals surface area contributed by atoms with E-state index in [0.29, 0.717) is 11.1 Å². The molecule has 104 valence electrons. The Kier molecular flexibility index (Phi) is 3.59. The molecule has 2 saturated heterocycles. The number of nitrogens with one attached hydrogen (secondary N) is 1. The fourth-order valence-corrected chi connectivity index (χ4v) is 3.80. The molecule has 2 aliphatic heterocycles. The van der Waals surface area contributed by atoms with Crippen molar-refractivity contribution in [1.29, 1.82) is 0 Å². The third kappa shape index (κ3) is 2.67. The van der Waals surface area contributed by atoms with Crippen LogP contribution in [0.3, 0.4) is 0 Å². The zero-order chi connectivity index (χ0) is 13.4. The third-order valence-electron chi connectivity index (χ3n) is 4.71. The van der Waals surface area contributed by atoms with Crippen molar-refractivity contribution in [2.24, 2.45) is 0 Å². The van der Waals surface area contributed by atoms with Crippen molar-refractivity contribution < 1.29 is 0 Å². The molecule has 4 heteroatoms. The molecule has 0 spiro atoms. The molecule has 0 saturated carbocycles. The molecule has 0 aliphatic carbocycles. The monoisotopic (exact) mass is 279 g/mol. The van der Waals surface area contributed by atoms with E-state index < -0.39 is 0 Å². The standard InChI is InChI=1S/C15H22ClN3/c1-19-12-3-2-4-13(19)9-11(8-12)18-15-6-5-10(16)7-14(15)17/h5-7,11-13,18H,2-4,8-9,17H2,1H3. The molecule has 2 unspecified atom stereocenters. The third-order valence-corrected chi connectivity index (χ3v) is 4.95. The fraction of sp³-hybridized carbons (Fsp3) is 0.600. The van der Waals surface area contributed by atoms with Crippen molar-refractivity contribution >= 4 is 23.0 Å². The molecule has 1 aromatic rings. The molecule has 3 nitrogen and oxygen atoms in total. The molecular weight excluding hydrogens is 258 g/mol. The molecular formula is C15H22ClN3. The first-order valence-corrected chi connectivity index (χ1v) is 7.55. The van der Waals surface area contributed by atoms with Gasteiger partial charge in [0.15, 0.2) is 0 Å². The van der Waals surface area contributed by atoms with Gasteiger partial charge in [0, 0.05) is 23.1 Å². The van der Waals surface area contributed by atoms with Gasteiger partial charge in [0.25, 0.3) is 0 Å². The number of nitrogens with two attached hydrogens (primary N) is 1. The molecule has 3 N–H and O–H groups in total. The average Bonchev–Trinajstić information content (AvgIpc) is 2.34. The quantitative estimate of drug-likeness (QED) is 0.816. The predicted octanol–water partition coefficient (Wildman–Crippen LogP) is 3.35. The van der Waals surface area contributed by atoms with Gasteiger partial charge in [-0.05, 0) is 50.9 Å². The van der Waals surface area contributed by atoms with E-state index in [1.165, 1.54) is 32.1 Å². The lowest BCUT2D eigenvalue weighted by atomic mass is 9.82. The first-order chi connectivity index (χ1) is 9.13. The summed E-state index contributed by atoms with van der Waals surface area (Å²) in [6, 6.07) is 7.72. The summed E-state index contributed by atoms with van der Waals surface area (Å²) in [6.07, 6.45) is 6.49. The fourth-order valence-electron chi connectivity index (χ4n) is 3.62. The van der Waals surface area contributed by atoms with Crippen LogP contribution in [0.2, 0.25) is 5.02 Å². The van der Waals surface area contributed by atoms with Crippen molar-refractivity contribution in [2.45, 2.75) is 50.2 Å². The second-order valence-corrected chi connectivity index (χ2v) is 6.38. The van der Waals surface area contributed by atoms with Crippen LogP contribution < -0.4 is 11.1 Å². The first-order valence-electron chi connectivity index (χ1n) is 7.17. The summed E-state index contributed by atoms with van der Waals surface area (Å²) in [5.74, 6) is 0. The van der Waals surface area contributed by atoms with E-state index in [9.17, 15) is 0 Å². The minimum Gasteiger partial charge on any atom is -0.397 e. The lowest BCUT2D eigenvalue weighted by molar-refractivity contribution is 0.0608. The normalized spacial score (nSPS) is 31.2. The van der Waals surface area contributed by atoms with Gasteiger partial charge in [0.05, 0.1) is 11.4 Å². The maximum absolute atomic E-state index is 6.02. The van der Waals surface area contributed by atoms with E-state index in [0.717, 1.165) is 23.5 Å². The van der Waals surface area contributed by atoms with Crippen LogP contribution in [0.1, 0.15) is 32.1 Å². The van der Waals surface area contributed by atoms with Crippen LogP contribution in [-0.2, 0) is 0 Å². The predicted molar refractivity (Wildman–Crippen MR) is 81.7 cm³/mol. The number of hydrogen-bond donors (Lipinski definition) is 2. The van der Waals surface area contributed by atoms with Crippen LogP contribution in [0.4, 0.5) is 11.4 Å². The topological polar surface area (TPSA) is 41.3 Å². The van der Waals surface area contributed by atoms with E-state index in [4.69, 9.17) is 17.3 Å². The van der Waals surface area contributed by atoms with Crippen LogP contribution in [0, 0.1) is 0 Å². The molecule has 0 aromatic heterocycles. The molecule has 2 fully saturated rings. The number of benzene rings is 1. The molecule has 2 bridgehead atoms. The lowest BCUT2D eigenvalue weighted by Gasteiger charge is -2.47. The van der Waals surface area contributed by atoms with Gasteiger partial charge in [-0.15, -0.1) is 0 Å². The van der Waals surface area contributed by atoms with Crippen LogP contribution in [0.5, 0.6) is 0 Å². The number of piperidine rings is 2. The minimum absolute atomic E-state index is 0.537. The van der Waals surface area contributed by atoms with Crippen molar-refractivity contribution in [3.05, 3.63) is 23.2 Å². The van der Waals surface area contributed by atoms with Gasteiger partial charge in [-0.3, -0.25) is 0 Å². The Balaban J connectivity index is 1.70. The first kappa shape index (κ1) is 13.1. The number of nitrogens with zero attached hydrogens (tertiary/aromatic N) is 1. The van der Waals surface area contributed by atoms with E-state index in [2.05, 4.69) is 17.3 Å². The zero-order valence-corrected chi connectivity index (χ0v) is 12.2. The van der Waals surface area contributed by atoms with Gasteiger partial charge in [0.1, 0.15) is 0 Å². The average molecular weight is 280 g/mol. The Bertz CT molecular complexity index is 449. The molecule has 19 heavy (non-hydrogen) atoms. The number of anilines is 2. The molecule has 1 aromatic carbocycles. The Morgan fingerprint density at radius 2 is 1.95 bits per heavy atom. The maximum atomic E-state index is 6.02. The summed E-state index contributed by atoms with van der Waals surface area (Å²) in [4.78, 5) is 2.58. The number of fused-ring (bicyclic) bond motifs is 2. The Labute approximate surface area is 120 Å². The number of hydrogen-bond acceptors (Lipinski definition) is 3. The van der Waals surface area contributed by atoms with Crippen LogP contribution in [0.15, 0.2) is 18.2 Å². The number of rotatable bonds is 2. The molecule has 0 amide bonds. The SMILES string of the molecule is CN1C2CCCC1CC(Nc1ccc(Cl)cc1N)C2.